The molecule has 4 atom stereocenters. The minimum Gasteiger partial charge on any atom is -0.508 e. The van der Waals surface area contributed by atoms with Gasteiger partial charge in [-0.3, -0.25) is 4.79 Å². The molecule has 0 bridgehead atoms. The maximum Gasteiger partial charge on any atom is 0.233 e. The first kappa shape index (κ1) is 22.7. The lowest BCUT2D eigenvalue weighted by atomic mass is 9.81. The summed E-state index contributed by atoms with van der Waals surface area (Å²) >= 11 is 1.77. The van der Waals surface area contributed by atoms with Crippen LogP contribution >= 0.6 is 11.8 Å². The van der Waals surface area contributed by atoms with Crippen molar-refractivity contribution in [2.75, 3.05) is 4.90 Å². The zero-order chi connectivity index (χ0) is 23.7. The third-order valence-electron chi connectivity index (χ3n) is 6.62. The van der Waals surface area contributed by atoms with E-state index in [1.807, 2.05) is 47.4 Å². The van der Waals surface area contributed by atoms with Gasteiger partial charge in [0, 0.05) is 15.8 Å². The van der Waals surface area contributed by atoms with Crippen LogP contribution < -0.4 is 4.90 Å². The number of halogens is 1. The molecule has 2 N–H and O–H groups in total. The van der Waals surface area contributed by atoms with Gasteiger partial charge in [-0.05, 0) is 66.8 Å². The number of carbonyl (C=O) groups is 1. The largest absolute Gasteiger partial charge is 0.508 e. The fourth-order valence-electron chi connectivity index (χ4n) is 4.79. The first-order valence-electron chi connectivity index (χ1n) is 11.5. The van der Waals surface area contributed by atoms with Gasteiger partial charge in [0.15, 0.2) is 0 Å². The highest BCUT2D eigenvalue weighted by Gasteiger charge is 2.50. The van der Waals surface area contributed by atoms with Gasteiger partial charge < -0.3 is 15.1 Å². The van der Waals surface area contributed by atoms with Gasteiger partial charge in [0.1, 0.15) is 11.6 Å². The number of aliphatic hydroxyl groups excluding tert-OH is 1. The van der Waals surface area contributed by atoms with Gasteiger partial charge in [-0.15, -0.1) is 11.8 Å². The number of aliphatic hydroxyl groups is 1. The average molecular weight is 476 g/mol. The van der Waals surface area contributed by atoms with Crippen LogP contribution in [0.5, 0.6) is 5.75 Å². The number of nitrogens with zero attached hydrogens (tertiary/aromatic N) is 1. The van der Waals surface area contributed by atoms with Crippen molar-refractivity contribution in [1.82, 2.24) is 0 Å². The molecule has 4 nitrogen and oxygen atoms in total. The van der Waals surface area contributed by atoms with Crippen molar-refractivity contribution in [3.63, 3.8) is 0 Å². The Morgan fingerprint density at radius 2 is 1.71 bits per heavy atom. The summed E-state index contributed by atoms with van der Waals surface area (Å²) in [4.78, 5) is 16.3. The van der Waals surface area contributed by atoms with Crippen LogP contribution in [0.2, 0.25) is 0 Å². The highest BCUT2D eigenvalue weighted by atomic mass is 32.2. The van der Waals surface area contributed by atoms with Gasteiger partial charge in [-0.2, -0.15) is 0 Å². The van der Waals surface area contributed by atoms with E-state index in [-0.39, 0.29) is 34.7 Å². The Labute approximate surface area is 202 Å². The first-order chi connectivity index (χ1) is 16.5. The number of β-lactam (4-membered cyclic amide) rings is 1. The van der Waals surface area contributed by atoms with Crippen molar-refractivity contribution < 1.29 is 19.4 Å². The average Bonchev–Trinajstić information content (AvgIpc) is 3.33. The Morgan fingerprint density at radius 1 is 1.00 bits per heavy atom. The number of hydrogen-bond acceptors (Lipinski definition) is 4. The standard InChI is InChI=1S/C28H26FNO3S/c29-20-10-6-18(7-11-20)24(32)15-14-23-27(30(28(23)33)21-4-2-1-3-5-21)26-17-16-25(34-26)19-8-12-22(31)13-9-19/h1-13,17,23-25,27,31-32H,14-16H2/t23-,24?,25?,27+/m1/s1. The SMILES string of the molecule is O=C1[C@H](CCC(O)c2ccc(F)cc2)[C@@H](C2=CCC(c3ccc(O)cc3)S2)N1c1ccccc1. The number of phenols is 1. The molecule has 5 rings (SSSR count). The van der Waals surface area contributed by atoms with E-state index in [2.05, 4.69) is 6.08 Å². The Morgan fingerprint density at radius 3 is 2.41 bits per heavy atom. The smallest absolute Gasteiger partial charge is 0.233 e. The fourth-order valence-corrected chi connectivity index (χ4v) is 6.20. The van der Waals surface area contributed by atoms with Crippen LogP contribution in [-0.2, 0) is 4.79 Å². The highest BCUT2D eigenvalue weighted by Crippen LogP contribution is 2.51. The highest BCUT2D eigenvalue weighted by molar-refractivity contribution is 8.03. The number of rotatable bonds is 7. The van der Waals surface area contributed by atoms with Crippen molar-refractivity contribution in [3.8, 4) is 5.75 Å². The Bertz CT molecular complexity index is 1180. The maximum atomic E-state index is 13.2. The monoisotopic (exact) mass is 475 g/mol. The summed E-state index contributed by atoms with van der Waals surface area (Å²) in [6.45, 7) is 0. The predicted molar refractivity (Wildman–Crippen MR) is 133 cm³/mol. The van der Waals surface area contributed by atoms with Gasteiger partial charge in [-0.1, -0.05) is 48.5 Å². The number of hydrogen-bond donors (Lipinski definition) is 2. The summed E-state index contributed by atoms with van der Waals surface area (Å²) in [7, 11) is 0. The molecule has 34 heavy (non-hydrogen) atoms. The van der Waals surface area contributed by atoms with Crippen LogP contribution in [0.1, 0.15) is 41.7 Å². The zero-order valence-electron chi connectivity index (χ0n) is 18.5. The first-order valence-corrected chi connectivity index (χ1v) is 12.4. The molecule has 0 aromatic heterocycles. The van der Waals surface area contributed by atoms with E-state index in [0.29, 0.717) is 18.4 Å². The van der Waals surface area contributed by atoms with Gasteiger partial charge >= 0.3 is 0 Å². The van der Waals surface area contributed by atoms with Gasteiger partial charge in [-0.25, -0.2) is 4.39 Å². The fraction of sp³-hybridized carbons (Fsp3) is 0.250. The Kier molecular flexibility index (Phi) is 6.44. The van der Waals surface area contributed by atoms with Crippen LogP contribution in [-0.4, -0.2) is 22.2 Å². The number of benzene rings is 3. The zero-order valence-corrected chi connectivity index (χ0v) is 19.4. The normalized spacial score (nSPS) is 22.9. The molecular formula is C28H26FNO3S. The second-order valence-electron chi connectivity index (χ2n) is 8.78. The lowest BCUT2D eigenvalue weighted by Gasteiger charge is -2.48. The minimum atomic E-state index is -0.741. The molecule has 174 valence electrons. The second-order valence-corrected chi connectivity index (χ2v) is 10.1. The summed E-state index contributed by atoms with van der Waals surface area (Å²) in [5.41, 5.74) is 2.68. The molecule has 1 saturated heterocycles. The molecule has 6 heteroatoms. The molecule has 0 saturated carbocycles. The number of thioether (sulfide) groups is 1. The quantitative estimate of drug-likeness (QED) is 0.403. The summed E-state index contributed by atoms with van der Waals surface area (Å²) in [5.74, 6) is -0.235. The molecule has 2 aliphatic heterocycles. The van der Waals surface area contributed by atoms with E-state index in [1.54, 1.807) is 36.0 Å². The number of aromatic hydroxyl groups is 1. The second kappa shape index (κ2) is 9.65. The van der Waals surface area contributed by atoms with E-state index in [9.17, 15) is 19.4 Å². The Balaban J connectivity index is 1.33. The molecule has 0 aliphatic carbocycles. The topological polar surface area (TPSA) is 60.8 Å². The van der Waals surface area contributed by atoms with Gasteiger partial charge in [0.25, 0.3) is 0 Å². The number of allylic oxidation sites excluding steroid dienone is 1. The molecule has 3 aromatic rings. The lowest BCUT2D eigenvalue weighted by Crippen LogP contribution is -2.61. The Hall–Kier alpha value is -3.09. The van der Waals surface area contributed by atoms with Crippen molar-refractivity contribution in [3.05, 3.63) is 107 Å². The van der Waals surface area contributed by atoms with E-state index >= 15 is 0 Å². The minimum absolute atomic E-state index is 0.0667. The molecular weight excluding hydrogens is 449 g/mol. The van der Waals surface area contributed by atoms with Crippen molar-refractivity contribution in [1.29, 1.82) is 0 Å². The number of anilines is 1. The molecule has 1 amide bonds. The predicted octanol–water partition coefficient (Wildman–Crippen LogP) is 6.14. The molecule has 0 spiro atoms. The van der Waals surface area contributed by atoms with E-state index < -0.39 is 6.10 Å². The van der Waals surface area contributed by atoms with Crippen LogP contribution in [0.3, 0.4) is 0 Å². The van der Waals surface area contributed by atoms with Crippen LogP contribution in [0.25, 0.3) is 0 Å². The number of amides is 1. The third-order valence-corrected chi connectivity index (χ3v) is 8.05. The van der Waals surface area contributed by atoms with E-state index in [1.165, 1.54) is 17.0 Å². The molecule has 1 fully saturated rings. The summed E-state index contributed by atoms with van der Waals surface area (Å²) in [6, 6.07) is 22.8. The van der Waals surface area contributed by atoms with Gasteiger partial charge in [0.05, 0.1) is 18.1 Å². The third kappa shape index (κ3) is 4.48. The molecule has 3 aromatic carbocycles. The van der Waals surface area contributed by atoms with Crippen molar-refractivity contribution >= 4 is 23.4 Å². The maximum absolute atomic E-state index is 13.2. The number of carbonyl (C=O) groups excluding carboxylic acids is 1. The molecule has 2 heterocycles. The van der Waals surface area contributed by atoms with Gasteiger partial charge in [0.2, 0.25) is 5.91 Å². The van der Waals surface area contributed by atoms with Crippen molar-refractivity contribution in [2.24, 2.45) is 5.92 Å². The van der Waals surface area contributed by atoms with Crippen LogP contribution in [0.4, 0.5) is 10.1 Å². The van der Waals surface area contributed by atoms with E-state index in [4.69, 9.17) is 0 Å². The lowest BCUT2D eigenvalue weighted by molar-refractivity contribution is -0.129. The summed E-state index contributed by atoms with van der Waals surface area (Å²) in [5, 5.41) is 20.5. The molecule has 0 radical (unpaired) electrons. The van der Waals surface area contributed by atoms with Crippen LogP contribution in [0, 0.1) is 11.7 Å². The number of phenolic OH excluding ortho intramolecular Hbond substituents is 1. The number of para-hydroxylation sites is 1. The van der Waals surface area contributed by atoms with Crippen molar-refractivity contribution in [2.45, 2.75) is 36.7 Å². The summed E-state index contributed by atoms with van der Waals surface area (Å²) in [6.07, 6.45) is 3.32. The van der Waals surface area contributed by atoms with Crippen LogP contribution in [0.15, 0.2) is 89.8 Å². The summed E-state index contributed by atoms with van der Waals surface area (Å²) < 4.78 is 13.2. The van der Waals surface area contributed by atoms with E-state index in [0.717, 1.165) is 17.7 Å². The molecule has 2 unspecified atom stereocenters. The molecule has 2 aliphatic rings.